The molecule has 1 heterocycles. The van der Waals surface area contributed by atoms with Crippen molar-refractivity contribution in [1.29, 1.82) is 0 Å². The lowest BCUT2D eigenvalue weighted by Gasteiger charge is -2.13. The van der Waals surface area contributed by atoms with Gasteiger partial charge in [0.15, 0.2) is 0 Å². The van der Waals surface area contributed by atoms with Gasteiger partial charge in [0.1, 0.15) is 5.82 Å². The van der Waals surface area contributed by atoms with E-state index in [1.165, 1.54) is 0 Å². The first kappa shape index (κ1) is 14.1. The van der Waals surface area contributed by atoms with Gasteiger partial charge in [0, 0.05) is 5.56 Å². The molecule has 3 nitrogen and oxygen atoms in total. The quantitative estimate of drug-likeness (QED) is 0.643. The summed E-state index contributed by atoms with van der Waals surface area (Å²) in [6, 6.07) is 13.3. The average molecular weight is 288 g/mol. The number of nitrogens with zero attached hydrogens (tertiary/aromatic N) is 2. The number of benzene rings is 2. The number of para-hydroxylation sites is 1. The van der Waals surface area contributed by atoms with Gasteiger partial charge in [-0.25, -0.2) is 4.98 Å². The van der Waals surface area contributed by atoms with Crippen molar-refractivity contribution in [2.75, 3.05) is 0 Å². The zero-order valence-corrected chi connectivity index (χ0v) is 12.8. The second-order valence-electron chi connectivity index (χ2n) is 5.19. The van der Waals surface area contributed by atoms with Crippen molar-refractivity contribution in [3.8, 4) is 17.5 Å². The highest BCUT2D eigenvalue weighted by atomic mass is 16.1. The monoisotopic (exact) mass is 288 g/mol. The Labute approximate surface area is 129 Å². The zero-order chi connectivity index (χ0) is 15.7. The van der Waals surface area contributed by atoms with Gasteiger partial charge in [-0.05, 0) is 56.7 Å². The number of hydrogen-bond donors (Lipinski definition) is 0. The van der Waals surface area contributed by atoms with E-state index in [2.05, 4.69) is 16.8 Å². The molecule has 0 saturated carbocycles. The Hall–Kier alpha value is -2.86. The van der Waals surface area contributed by atoms with Crippen LogP contribution in [0.5, 0.6) is 0 Å². The van der Waals surface area contributed by atoms with E-state index in [0.717, 1.165) is 22.3 Å². The highest BCUT2D eigenvalue weighted by molar-refractivity contribution is 5.77. The third-order valence-electron chi connectivity index (χ3n) is 3.65. The first-order chi connectivity index (χ1) is 10.6. The Morgan fingerprint density at radius 3 is 2.59 bits per heavy atom. The van der Waals surface area contributed by atoms with E-state index < -0.39 is 0 Å². The lowest BCUT2D eigenvalue weighted by Crippen LogP contribution is -2.23. The topological polar surface area (TPSA) is 34.9 Å². The van der Waals surface area contributed by atoms with E-state index in [1.54, 1.807) is 4.57 Å². The first-order valence-corrected chi connectivity index (χ1v) is 7.14. The van der Waals surface area contributed by atoms with Gasteiger partial charge in [-0.1, -0.05) is 18.1 Å². The normalized spacial score (nSPS) is 10.3. The van der Waals surface area contributed by atoms with Crippen LogP contribution in [-0.2, 0) is 0 Å². The molecule has 3 heteroatoms. The predicted octanol–water partition coefficient (Wildman–Crippen LogP) is 3.37. The van der Waals surface area contributed by atoms with Gasteiger partial charge >= 0.3 is 0 Å². The van der Waals surface area contributed by atoms with Crippen LogP contribution in [0.2, 0.25) is 0 Å². The summed E-state index contributed by atoms with van der Waals surface area (Å²) in [6.45, 7) is 5.65. The van der Waals surface area contributed by atoms with Gasteiger partial charge in [-0.3, -0.25) is 9.36 Å². The Bertz CT molecular complexity index is 988. The van der Waals surface area contributed by atoms with Crippen LogP contribution in [0.1, 0.15) is 23.9 Å². The molecule has 3 rings (SSSR count). The molecule has 2 aromatic carbocycles. The molecular formula is C19H16N2O. The minimum Gasteiger partial charge on any atom is -0.268 e. The van der Waals surface area contributed by atoms with Crippen molar-refractivity contribution in [2.24, 2.45) is 0 Å². The van der Waals surface area contributed by atoms with Crippen LogP contribution in [0.15, 0.2) is 47.3 Å². The van der Waals surface area contributed by atoms with E-state index >= 15 is 0 Å². The molecule has 0 amide bonds. The minimum atomic E-state index is -0.0412. The van der Waals surface area contributed by atoms with Crippen LogP contribution >= 0.6 is 0 Å². The van der Waals surface area contributed by atoms with Crippen LogP contribution in [0.25, 0.3) is 16.6 Å². The lowest BCUT2D eigenvalue weighted by atomic mass is 10.1. The third kappa shape index (κ3) is 2.29. The van der Waals surface area contributed by atoms with Gasteiger partial charge in [-0.15, -0.1) is 5.92 Å². The fourth-order valence-electron chi connectivity index (χ4n) is 2.66. The fourth-order valence-corrected chi connectivity index (χ4v) is 2.66. The second-order valence-corrected chi connectivity index (χ2v) is 5.19. The summed E-state index contributed by atoms with van der Waals surface area (Å²) in [5.41, 5.74) is 3.49. The molecule has 0 radical (unpaired) electrons. The molecular weight excluding hydrogens is 272 g/mol. The Kier molecular flexibility index (Phi) is 3.52. The maximum Gasteiger partial charge on any atom is 0.265 e. The van der Waals surface area contributed by atoms with Crippen LogP contribution in [0, 0.1) is 25.7 Å². The zero-order valence-electron chi connectivity index (χ0n) is 12.8. The molecule has 108 valence electrons. The third-order valence-corrected chi connectivity index (χ3v) is 3.65. The Morgan fingerprint density at radius 1 is 1.09 bits per heavy atom. The number of aryl methyl sites for hydroxylation is 2. The first-order valence-electron chi connectivity index (χ1n) is 7.14. The van der Waals surface area contributed by atoms with Crippen molar-refractivity contribution in [2.45, 2.75) is 20.8 Å². The second kappa shape index (κ2) is 5.50. The van der Waals surface area contributed by atoms with Crippen molar-refractivity contribution in [3.63, 3.8) is 0 Å². The molecule has 0 unspecified atom stereocenters. The summed E-state index contributed by atoms with van der Waals surface area (Å²) < 4.78 is 1.67. The molecule has 3 aromatic rings. The molecule has 0 saturated heterocycles. The fraction of sp³-hybridized carbons (Fsp3) is 0.158. The number of rotatable bonds is 1. The van der Waals surface area contributed by atoms with Crippen molar-refractivity contribution in [1.82, 2.24) is 9.55 Å². The highest BCUT2D eigenvalue weighted by Gasteiger charge is 2.11. The molecule has 22 heavy (non-hydrogen) atoms. The summed E-state index contributed by atoms with van der Waals surface area (Å²) in [6.07, 6.45) is 0. The van der Waals surface area contributed by atoms with Crippen LogP contribution in [0.3, 0.4) is 0 Å². The number of fused-ring (bicyclic) bond motifs is 1. The van der Waals surface area contributed by atoms with Gasteiger partial charge < -0.3 is 0 Å². The van der Waals surface area contributed by atoms with Gasteiger partial charge in [0.05, 0.1) is 16.6 Å². The largest absolute Gasteiger partial charge is 0.268 e. The Balaban J connectivity index is 2.30. The summed E-state index contributed by atoms with van der Waals surface area (Å²) in [4.78, 5) is 17.4. The van der Waals surface area contributed by atoms with E-state index in [9.17, 15) is 4.79 Å². The lowest BCUT2D eigenvalue weighted by molar-refractivity contribution is 0.887. The van der Waals surface area contributed by atoms with E-state index in [0.29, 0.717) is 11.2 Å². The SMILES string of the molecule is CC#Cc1ccc(-n2c(C)nc3ccccc3c2=O)c(C)c1. The molecule has 1 aromatic heterocycles. The van der Waals surface area contributed by atoms with Gasteiger partial charge in [0.25, 0.3) is 5.56 Å². The maximum absolute atomic E-state index is 12.8. The Morgan fingerprint density at radius 2 is 1.86 bits per heavy atom. The van der Waals surface area contributed by atoms with Crippen molar-refractivity contribution in [3.05, 3.63) is 69.8 Å². The average Bonchev–Trinajstić information content (AvgIpc) is 2.49. The van der Waals surface area contributed by atoms with Crippen molar-refractivity contribution >= 4 is 10.9 Å². The maximum atomic E-state index is 12.8. The highest BCUT2D eigenvalue weighted by Crippen LogP contribution is 2.17. The molecule has 0 aliphatic heterocycles. The minimum absolute atomic E-state index is 0.0412. The molecule has 0 aliphatic carbocycles. The smallest absolute Gasteiger partial charge is 0.265 e. The molecule has 0 bridgehead atoms. The van der Waals surface area contributed by atoms with Crippen LogP contribution < -0.4 is 5.56 Å². The summed E-state index contributed by atoms with van der Waals surface area (Å²) in [5.74, 6) is 6.60. The van der Waals surface area contributed by atoms with E-state index in [-0.39, 0.29) is 5.56 Å². The van der Waals surface area contributed by atoms with Crippen LogP contribution in [-0.4, -0.2) is 9.55 Å². The van der Waals surface area contributed by atoms with Crippen molar-refractivity contribution < 1.29 is 0 Å². The van der Waals surface area contributed by atoms with Crippen LogP contribution in [0.4, 0.5) is 0 Å². The van der Waals surface area contributed by atoms with E-state index in [1.807, 2.05) is 63.2 Å². The van der Waals surface area contributed by atoms with Gasteiger partial charge in [-0.2, -0.15) is 0 Å². The molecule has 0 N–H and O–H groups in total. The van der Waals surface area contributed by atoms with E-state index in [4.69, 9.17) is 0 Å². The summed E-state index contributed by atoms with van der Waals surface area (Å²) >= 11 is 0. The molecule has 0 atom stereocenters. The van der Waals surface area contributed by atoms with Gasteiger partial charge in [0.2, 0.25) is 0 Å². The molecule has 0 spiro atoms. The number of aromatic nitrogens is 2. The summed E-state index contributed by atoms with van der Waals surface area (Å²) in [5, 5.41) is 0.630. The number of hydrogen-bond acceptors (Lipinski definition) is 2. The molecule has 0 fully saturated rings. The molecule has 0 aliphatic rings. The summed E-state index contributed by atoms with van der Waals surface area (Å²) in [7, 11) is 0. The predicted molar refractivity (Wildman–Crippen MR) is 89.4 cm³/mol. The standard InChI is InChI=1S/C19H16N2O/c1-4-7-15-10-11-18(13(2)12-15)21-14(3)20-17-9-6-5-8-16(17)19(21)22/h5-6,8-12H,1-3H3.